The Bertz CT molecular complexity index is 486. The number of hydrogen-bond acceptors (Lipinski definition) is 5. The van der Waals surface area contributed by atoms with E-state index in [9.17, 15) is 14.7 Å². The zero-order valence-electron chi connectivity index (χ0n) is 10.9. The fourth-order valence-corrected chi connectivity index (χ4v) is 2.16. The van der Waals surface area contributed by atoms with Gasteiger partial charge in [-0.3, -0.25) is 9.78 Å². The van der Waals surface area contributed by atoms with Crippen LogP contribution in [-0.4, -0.2) is 52.7 Å². The Morgan fingerprint density at radius 2 is 2.21 bits per heavy atom. The van der Waals surface area contributed by atoms with E-state index in [4.69, 9.17) is 0 Å². The Labute approximate surface area is 111 Å². The summed E-state index contributed by atoms with van der Waals surface area (Å²) in [4.78, 5) is 29.3. The molecule has 0 aromatic carbocycles. The van der Waals surface area contributed by atoms with Crippen molar-refractivity contribution in [1.82, 2.24) is 9.88 Å². The average Bonchev–Trinajstić information content (AvgIpc) is 2.80. The summed E-state index contributed by atoms with van der Waals surface area (Å²) < 4.78 is 4.66. The number of aromatic nitrogens is 1. The van der Waals surface area contributed by atoms with Crippen molar-refractivity contribution in [2.75, 3.05) is 13.7 Å². The van der Waals surface area contributed by atoms with Crippen molar-refractivity contribution >= 4 is 11.9 Å². The number of aliphatic hydroxyl groups is 1. The number of nitrogens with zero attached hydrogens (tertiary/aromatic N) is 2. The van der Waals surface area contributed by atoms with Gasteiger partial charge in [-0.05, 0) is 19.1 Å². The molecule has 0 aliphatic carbocycles. The van der Waals surface area contributed by atoms with Gasteiger partial charge in [0.15, 0.2) is 0 Å². The maximum Gasteiger partial charge on any atom is 0.328 e. The standard InChI is InChI=1S/C13H16N2O4/c1-8-3-4-9(6-14-8)12(17)15-7-10(16)5-11(15)13(18)19-2/h3-4,6,10-11,16H,5,7H2,1-2H3. The van der Waals surface area contributed by atoms with Gasteiger partial charge in [0.25, 0.3) is 5.91 Å². The molecule has 1 aromatic heterocycles. The van der Waals surface area contributed by atoms with E-state index >= 15 is 0 Å². The average molecular weight is 264 g/mol. The van der Waals surface area contributed by atoms with Gasteiger partial charge < -0.3 is 14.7 Å². The zero-order valence-corrected chi connectivity index (χ0v) is 10.9. The minimum atomic E-state index is -0.728. The molecule has 6 nitrogen and oxygen atoms in total. The minimum absolute atomic E-state index is 0.131. The zero-order chi connectivity index (χ0) is 14.0. The number of likely N-dealkylation sites (tertiary alicyclic amines) is 1. The molecule has 2 rings (SSSR count). The highest BCUT2D eigenvalue weighted by Gasteiger charge is 2.39. The third-order valence-corrected chi connectivity index (χ3v) is 3.17. The minimum Gasteiger partial charge on any atom is -0.467 e. The molecule has 6 heteroatoms. The number of hydrogen-bond donors (Lipinski definition) is 1. The Balaban J connectivity index is 2.21. The molecule has 2 heterocycles. The SMILES string of the molecule is COC(=O)C1CC(O)CN1C(=O)c1ccc(C)nc1. The number of carbonyl (C=O) groups excluding carboxylic acids is 2. The number of esters is 1. The lowest BCUT2D eigenvalue weighted by molar-refractivity contribution is -0.145. The van der Waals surface area contributed by atoms with Crippen LogP contribution in [0.4, 0.5) is 0 Å². The van der Waals surface area contributed by atoms with Crippen LogP contribution < -0.4 is 0 Å². The molecular formula is C13H16N2O4. The molecule has 102 valence electrons. The van der Waals surface area contributed by atoms with Gasteiger partial charge in [-0.1, -0.05) is 0 Å². The smallest absolute Gasteiger partial charge is 0.328 e. The lowest BCUT2D eigenvalue weighted by Gasteiger charge is -2.22. The van der Waals surface area contributed by atoms with Crippen LogP contribution in [-0.2, 0) is 9.53 Å². The molecule has 2 unspecified atom stereocenters. The number of carbonyl (C=O) groups is 2. The lowest BCUT2D eigenvalue weighted by atomic mass is 10.2. The van der Waals surface area contributed by atoms with Crippen molar-refractivity contribution in [3.8, 4) is 0 Å². The number of aliphatic hydroxyl groups excluding tert-OH is 1. The maximum absolute atomic E-state index is 12.3. The molecule has 1 aliphatic rings. The summed E-state index contributed by atoms with van der Waals surface area (Å²) in [6.45, 7) is 1.96. The van der Waals surface area contributed by atoms with Gasteiger partial charge in [-0.15, -0.1) is 0 Å². The van der Waals surface area contributed by atoms with Crippen LogP contribution in [0.1, 0.15) is 22.5 Å². The van der Waals surface area contributed by atoms with Crippen LogP contribution in [0.3, 0.4) is 0 Å². The fourth-order valence-electron chi connectivity index (χ4n) is 2.16. The van der Waals surface area contributed by atoms with E-state index in [-0.39, 0.29) is 18.9 Å². The predicted molar refractivity (Wildman–Crippen MR) is 66.4 cm³/mol. The maximum atomic E-state index is 12.3. The molecule has 19 heavy (non-hydrogen) atoms. The largest absolute Gasteiger partial charge is 0.467 e. The van der Waals surface area contributed by atoms with Gasteiger partial charge >= 0.3 is 5.97 Å². The summed E-state index contributed by atoms with van der Waals surface area (Å²) in [6, 6.07) is 2.66. The molecule has 0 radical (unpaired) electrons. The van der Waals surface area contributed by atoms with E-state index in [1.807, 2.05) is 6.92 Å². The van der Waals surface area contributed by atoms with E-state index < -0.39 is 18.1 Å². The van der Waals surface area contributed by atoms with Gasteiger partial charge in [0.1, 0.15) is 6.04 Å². The normalized spacial score (nSPS) is 22.4. The van der Waals surface area contributed by atoms with Crippen LogP contribution >= 0.6 is 0 Å². The highest BCUT2D eigenvalue weighted by molar-refractivity contribution is 5.97. The lowest BCUT2D eigenvalue weighted by Crippen LogP contribution is -2.41. The van der Waals surface area contributed by atoms with Crippen molar-refractivity contribution in [2.45, 2.75) is 25.5 Å². The molecule has 2 atom stereocenters. The number of amides is 1. The third-order valence-electron chi connectivity index (χ3n) is 3.17. The van der Waals surface area contributed by atoms with Crippen molar-refractivity contribution < 1.29 is 19.4 Å². The molecule has 1 fully saturated rings. The van der Waals surface area contributed by atoms with Crippen LogP contribution in [0.2, 0.25) is 0 Å². The second-order valence-corrected chi connectivity index (χ2v) is 4.57. The van der Waals surface area contributed by atoms with Crippen LogP contribution in [0.25, 0.3) is 0 Å². The van der Waals surface area contributed by atoms with E-state index in [0.29, 0.717) is 5.56 Å². The number of pyridine rings is 1. The van der Waals surface area contributed by atoms with Gasteiger partial charge in [0, 0.05) is 24.9 Å². The van der Waals surface area contributed by atoms with Crippen molar-refractivity contribution in [3.05, 3.63) is 29.6 Å². The first-order valence-corrected chi connectivity index (χ1v) is 6.02. The van der Waals surface area contributed by atoms with E-state index in [2.05, 4.69) is 9.72 Å². The second-order valence-electron chi connectivity index (χ2n) is 4.57. The van der Waals surface area contributed by atoms with Crippen LogP contribution in [0.15, 0.2) is 18.3 Å². The number of methoxy groups -OCH3 is 1. The first-order valence-electron chi connectivity index (χ1n) is 6.02. The fraction of sp³-hybridized carbons (Fsp3) is 0.462. The first kappa shape index (κ1) is 13.5. The second kappa shape index (κ2) is 5.36. The monoisotopic (exact) mass is 264 g/mol. The molecule has 1 N–H and O–H groups in total. The van der Waals surface area contributed by atoms with E-state index in [1.54, 1.807) is 12.1 Å². The third kappa shape index (κ3) is 2.73. The highest BCUT2D eigenvalue weighted by atomic mass is 16.5. The van der Waals surface area contributed by atoms with Crippen LogP contribution in [0, 0.1) is 6.92 Å². The number of rotatable bonds is 2. The summed E-state index contributed by atoms with van der Waals surface area (Å²) in [5.41, 5.74) is 1.20. The van der Waals surface area contributed by atoms with Crippen LogP contribution in [0.5, 0.6) is 0 Å². The quantitative estimate of drug-likeness (QED) is 0.768. The number of ether oxygens (including phenoxy) is 1. The van der Waals surface area contributed by atoms with Gasteiger partial charge in [-0.2, -0.15) is 0 Å². The Kier molecular flexibility index (Phi) is 3.80. The first-order chi connectivity index (χ1) is 9.02. The Hall–Kier alpha value is -1.95. The van der Waals surface area contributed by atoms with E-state index in [1.165, 1.54) is 18.2 Å². The van der Waals surface area contributed by atoms with Crippen molar-refractivity contribution in [3.63, 3.8) is 0 Å². The van der Waals surface area contributed by atoms with Crippen molar-refractivity contribution in [2.24, 2.45) is 0 Å². The summed E-state index contributed by atoms with van der Waals surface area (Å²) in [7, 11) is 1.27. The topological polar surface area (TPSA) is 79.7 Å². The van der Waals surface area contributed by atoms with E-state index in [0.717, 1.165) is 5.69 Å². The molecule has 0 bridgehead atoms. The van der Waals surface area contributed by atoms with Crippen molar-refractivity contribution in [1.29, 1.82) is 0 Å². The Morgan fingerprint density at radius 3 is 2.79 bits per heavy atom. The summed E-state index contributed by atoms with van der Waals surface area (Å²) in [6.07, 6.45) is 0.973. The summed E-state index contributed by atoms with van der Waals surface area (Å²) in [5, 5.41) is 9.64. The Morgan fingerprint density at radius 1 is 1.47 bits per heavy atom. The molecule has 0 saturated carbocycles. The molecule has 0 spiro atoms. The number of β-amino-alcohol motifs (C(OH)–C–C–N with tert-alkyl or cyclic N) is 1. The summed E-state index contributed by atoms with van der Waals surface area (Å²) in [5.74, 6) is -0.829. The molecule has 1 saturated heterocycles. The van der Waals surface area contributed by atoms with Gasteiger partial charge in [0.05, 0.1) is 18.8 Å². The highest BCUT2D eigenvalue weighted by Crippen LogP contribution is 2.21. The van der Waals surface area contributed by atoms with Gasteiger partial charge in [-0.25, -0.2) is 4.79 Å². The van der Waals surface area contributed by atoms with Gasteiger partial charge in [0.2, 0.25) is 0 Å². The number of aryl methyl sites for hydroxylation is 1. The molecule has 1 aromatic rings. The predicted octanol–water partition coefficient (Wildman–Crippen LogP) is 0.138. The summed E-state index contributed by atoms with van der Waals surface area (Å²) >= 11 is 0. The molecule has 1 amide bonds. The molecule has 1 aliphatic heterocycles. The molecular weight excluding hydrogens is 248 g/mol.